The first-order chi connectivity index (χ1) is 26.4. The maximum Gasteiger partial charge on any atom is 0.171 e. The van der Waals surface area contributed by atoms with Crippen LogP contribution < -0.4 is 26.4 Å². The van der Waals surface area contributed by atoms with Crippen molar-refractivity contribution < 1.29 is 29.8 Å². The van der Waals surface area contributed by atoms with Crippen molar-refractivity contribution in [2.75, 3.05) is 32.9 Å². The zero-order valence-electron chi connectivity index (χ0n) is 33.5. The van der Waals surface area contributed by atoms with Crippen LogP contribution in [-0.4, -0.2) is 113 Å². The van der Waals surface area contributed by atoms with Crippen molar-refractivity contribution in [1.29, 1.82) is 0 Å². The minimum absolute atomic E-state index is 0.0808. The molecule has 4 bridgehead atoms. The summed E-state index contributed by atoms with van der Waals surface area (Å²) in [4.78, 5) is 21.0. The summed E-state index contributed by atoms with van der Waals surface area (Å²) in [6.07, 6.45) is 18.7. The van der Waals surface area contributed by atoms with Gasteiger partial charge in [0.1, 0.15) is 12.6 Å². The van der Waals surface area contributed by atoms with Crippen molar-refractivity contribution in [1.82, 2.24) is 15.5 Å². The second-order valence-corrected chi connectivity index (χ2v) is 19.8. The minimum atomic E-state index is -1.39. The molecule has 1 saturated carbocycles. The second kappa shape index (κ2) is 16.4. The fourth-order valence-electron chi connectivity index (χ4n) is 12.9. The number of nitrogens with zero attached hydrogens (tertiary/aromatic N) is 2. The second-order valence-electron chi connectivity index (χ2n) is 19.8. The third kappa shape index (κ3) is 9.04. The number of piperidine rings is 3. The Morgan fingerprint density at radius 3 is 2.60 bits per heavy atom. The van der Waals surface area contributed by atoms with E-state index in [2.05, 4.69) is 57.9 Å². The number of hydrogen-bond acceptors (Lipinski definition) is 10. The molecule has 6 heterocycles. The summed E-state index contributed by atoms with van der Waals surface area (Å²) in [7, 11) is 0. The maximum atomic E-state index is 13.1. The van der Waals surface area contributed by atoms with Crippen LogP contribution in [0.5, 0.6) is 0 Å². The number of hydrogen-bond donors (Lipinski definition) is 6. The third-order valence-corrected chi connectivity index (χ3v) is 15.8. The van der Waals surface area contributed by atoms with Gasteiger partial charge >= 0.3 is 0 Å². The number of rotatable bonds is 4. The highest BCUT2D eigenvalue weighted by molar-refractivity contribution is 5.65. The minimum Gasteiger partial charge on any atom is -0.550 e. The van der Waals surface area contributed by atoms with Gasteiger partial charge in [0.25, 0.3) is 0 Å². The molecule has 0 amide bonds. The van der Waals surface area contributed by atoms with E-state index in [1.165, 1.54) is 35.3 Å². The Morgan fingerprint density at radius 2 is 1.82 bits per heavy atom. The molecule has 5 fully saturated rings. The van der Waals surface area contributed by atoms with Crippen LogP contribution in [0.1, 0.15) is 127 Å². The van der Waals surface area contributed by atoms with Gasteiger partial charge < -0.3 is 40.8 Å². The number of nitrogens with two attached hydrogens (primary N) is 1. The SMILES string of the molecule is C[C@]12C[C@@H](Cc3cccc(c3)C[C@@H]([C@@]3(O)CCN4[C@@H]5CCCO[C@@H]5C[C@H]([NH+]5CC=NC5)[C@H]4C3)CCCC3(CCCC3)CC[C@@](O)(CC(=O)[O-])CN1)N[C@@H](N)C2. The number of benzene rings is 1. The summed E-state index contributed by atoms with van der Waals surface area (Å²) in [5.41, 5.74) is 6.75. The number of aliphatic hydroxyl groups is 2. The number of nitrogens with one attached hydrogen (secondary N) is 3. The first-order valence-electron chi connectivity index (χ1n) is 22.1. The highest BCUT2D eigenvalue weighted by Crippen LogP contribution is 2.49. The van der Waals surface area contributed by atoms with Gasteiger partial charge in [0.05, 0.1) is 35.7 Å². The molecule has 306 valence electrons. The molecule has 1 aromatic rings. The predicted octanol–water partition coefficient (Wildman–Crippen LogP) is 1.61. The molecule has 11 nitrogen and oxygen atoms in total. The van der Waals surface area contributed by atoms with Crippen molar-refractivity contribution >= 4 is 12.2 Å². The van der Waals surface area contributed by atoms with Crippen LogP contribution in [-0.2, 0) is 22.4 Å². The lowest BCUT2D eigenvalue weighted by Gasteiger charge is -2.57. The Kier molecular flexibility index (Phi) is 11.9. The monoisotopic (exact) mass is 763 g/mol. The fourth-order valence-corrected chi connectivity index (χ4v) is 12.9. The summed E-state index contributed by atoms with van der Waals surface area (Å²) in [5.74, 6) is -1.08. The van der Waals surface area contributed by atoms with E-state index in [4.69, 9.17) is 10.5 Å². The number of aliphatic imine (C=N–C) groups is 1. The zero-order valence-corrected chi connectivity index (χ0v) is 33.5. The predicted molar refractivity (Wildman–Crippen MR) is 211 cm³/mol. The van der Waals surface area contributed by atoms with Crippen molar-refractivity contribution in [3.8, 4) is 0 Å². The van der Waals surface area contributed by atoms with Crippen molar-refractivity contribution in [3.63, 3.8) is 0 Å². The highest BCUT2D eigenvalue weighted by atomic mass is 16.5. The molecule has 1 aliphatic carbocycles. The van der Waals surface area contributed by atoms with E-state index in [-0.39, 0.29) is 48.1 Å². The molecule has 6 aliphatic heterocycles. The van der Waals surface area contributed by atoms with Crippen LogP contribution in [0.15, 0.2) is 29.3 Å². The number of ether oxygens (including phenoxy) is 1. The van der Waals surface area contributed by atoms with Crippen molar-refractivity contribution in [3.05, 3.63) is 35.4 Å². The number of quaternary nitrogens is 1. The number of fused-ring (bicyclic) bond motifs is 7. The summed E-state index contributed by atoms with van der Waals surface area (Å²) in [5, 5.41) is 44.4. The van der Waals surface area contributed by atoms with Crippen LogP contribution >= 0.6 is 0 Å². The molecule has 7 aliphatic rings. The van der Waals surface area contributed by atoms with Crippen LogP contribution in [0.2, 0.25) is 0 Å². The van der Waals surface area contributed by atoms with E-state index in [1.807, 2.05) is 0 Å². The average molecular weight is 763 g/mol. The molecule has 4 saturated heterocycles. The first kappa shape index (κ1) is 39.8. The number of β-amino-alcohol motifs (C(OH)–C–C–N with tert-alkyl or cyclic N) is 1. The summed E-state index contributed by atoms with van der Waals surface area (Å²) >= 11 is 0. The van der Waals surface area contributed by atoms with E-state index in [1.54, 1.807) is 0 Å². The molecule has 8 rings (SSSR count). The maximum absolute atomic E-state index is 13.1. The molecule has 1 aromatic carbocycles. The van der Waals surface area contributed by atoms with Gasteiger partial charge in [0, 0.05) is 56.1 Å². The number of carboxylic acids is 1. The van der Waals surface area contributed by atoms with Crippen molar-refractivity contribution in [2.24, 2.45) is 22.1 Å². The lowest BCUT2D eigenvalue weighted by atomic mass is 9.67. The Balaban J connectivity index is 1.09. The van der Waals surface area contributed by atoms with Gasteiger partial charge in [-0.05, 0) is 119 Å². The standard InChI is InChI=1S/C44H70N6O5/c1-41-25-34(48-39(45)27-41)23-32-8-4-7-31(21-32)22-33(9-5-13-42(11-2-3-12-42)14-15-43(53,29-47-41)28-40(51)52)44(54)16-18-50-35-10-6-20-55-38(35)24-36(37(50)26-44)49-19-17-46-30-49/h4,7-8,17,21,33-39,47-48,53-54H,2-3,5-6,9-16,18-20,22-30,45H2,1H3,(H,51,52)/t33-,34+,35+,36-,37+,38+,39+,41+,43+,44+/m0/s1. The highest BCUT2D eigenvalue weighted by Gasteiger charge is 2.55. The Bertz CT molecular complexity index is 1510. The van der Waals surface area contributed by atoms with E-state index < -0.39 is 17.2 Å². The zero-order chi connectivity index (χ0) is 38.3. The number of carbonyl (C=O) groups excluding carboxylic acids is 1. The molecule has 55 heavy (non-hydrogen) atoms. The van der Waals surface area contributed by atoms with E-state index in [0.29, 0.717) is 31.0 Å². The Morgan fingerprint density at radius 1 is 1.02 bits per heavy atom. The quantitative estimate of drug-likeness (QED) is 0.268. The first-order valence-corrected chi connectivity index (χ1v) is 22.1. The largest absolute Gasteiger partial charge is 0.550 e. The van der Waals surface area contributed by atoms with Crippen LogP contribution in [0.25, 0.3) is 0 Å². The molecular formula is C44H70N6O5. The lowest BCUT2D eigenvalue weighted by molar-refractivity contribution is -0.915. The van der Waals surface area contributed by atoms with Gasteiger partial charge in [-0.3, -0.25) is 10.2 Å². The summed E-state index contributed by atoms with van der Waals surface area (Å²) < 4.78 is 6.44. The number of carbonyl (C=O) groups is 1. The Labute approximate surface area is 329 Å². The topological polar surface area (TPSA) is 160 Å². The molecule has 11 heteroatoms. The molecular weight excluding hydrogens is 693 g/mol. The molecule has 1 unspecified atom stereocenters. The van der Waals surface area contributed by atoms with Crippen LogP contribution in [0.3, 0.4) is 0 Å². The summed E-state index contributed by atoms with van der Waals surface area (Å²) in [6, 6.07) is 10.3. The molecule has 11 atom stereocenters. The molecule has 0 radical (unpaired) electrons. The van der Waals surface area contributed by atoms with Crippen LogP contribution in [0, 0.1) is 11.3 Å². The molecule has 7 N–H and O–H groups in total. The summed E-state index contributed by atoms with van der Waals surface area (Å²) in [6.45, 7) is 5.92. The normalized spacial score (nSPS) is 42.9. The van der Waals surface area contributed by atoms with Gasteiger partial charge in [-0.2, -0.15) is 0 Å². The average Bonchev–Trinajstić information content (AvgIpc) is 3.86. The smallest absolute Gasteiger partial charge is 0.171 e. The van der Waals surface area contributed by atoms with E-state index in [0.717, 1.165) is 110 Å². The third-order valence-electron chi connectivity index (χ3n) is 15.8. The molecule has 1 spiro atoms. The van der Waals surface area contributed by atoms with E-state index in [9.17, 15) is 20.1 Å². The van der Waals surface area contributed by atoms with Gasteiger partial charge in [-0.1, -0.05) is 43.5 Å². The fraction of sp³-hybridized carbons (Fsp3) is 0.818. The molecule has 0 aromatic heterocycles. The van der Waals surface area contributed by atoms with Gasteiger partial charge in [0.2, 0.25) is 0 Å². The van der Waals surface area contributed by atoms with E-state index >= 15 is 0 Å². The van der Waals surface area contributed by atoms with Gasteiger partial charge in [0.15, 0.2) is 6.67 Å². The number of carboxylic acid groups (broad SMARTS) is 1. The van der Waals surface area contributed by atoms with Crippen molar-refractivity contribution in [2.45, 2.75) is 182 Å². The lowest BCUT2D eigenvalue weighted by Crippen LogP contribution is -3.17. The van der Waals surface area contributed by atoms with Gasteiger partial charge in [-0.25, -0.2) is 4.99 Å². The van der Waals surface area contributed by atoms with Crippen LogP contribution in [0.4, 0.5) is 0 Å². The van der Waals surface area contributed by atoms with Gasteiger partial charge in [-0.15, -0.1) is 0 Å². The number of aliphatic carboxylic acids is 1. The Hall–Kier alpha value is -1.96.